The van der Waals surface area contributed by atoms with Gasteiger partial charge in [-0.05, 0) is 56.4 Å². The summed E-state index contributed by atoms with van der Waals surface area (Å²) < 4.78 is 10.8. The lowest BCUT2D eigenvalue weighted by atomic mass is 10.0. The second-order valence-corrected chi connectivity index (χ2v) is 6.60. The van der Waals surface area contributed by atoms with Crippen LogP contribution in [0.1, 0.15) is 55.3 Å². The Labute approximate surface area is 150 Å². The van der Waals surface area contributed by atoms with Gasteiger partial charge in [-0.25, -0.2) is 0 Å². The smallest absolute Gasteiger partial charge is 0.222 e. The van der Waals surface area contributed by atoms with E-state index in [-0.39, 0.29) is 11.7 Å². The lowest BCUT2D eigenvalue weighted by molar-refractivity contribution is -0.130. The molecule has 0 aromatic heterocycles. The lowest BCUT2D eigenvalue weighted by Gasteiger charge is -2.25. The number of hydrogen-bond acceptors (Lipinski definition) is 4. The highest BCUT2D eigenvalue weighted by Crippen LogP contribution is 2.16. The summed E-state index contributed by atoms with van der Waals surface area (Å²) >= 11 is 0. The van der Waals surface area contributed by atoms with Gasteiger partial charge in [0.05, 0.1) is 13.2 Å². The standard InChI is InChI=1S/C20H29NO4/c1-21(14-13-18-6-3-4-15-25-18)20(23)8-5-7-19(22)16-9-11-17(24-2)12-10-16/h9-12,18H,3-8,13-15H2,1-2H3. The van der Waals surface area contributed by atoms with Gasteiger partial charge < -0.3 is 14.4 Å². The number of carbonyl (C=O) groups is 2. The summed E-state index contributed by atoms with van der Waals surface area (Å²) in [6.45, 7) is 1.56. The maximum atomic E-state index is 12.2. The molecule has 0 saturated carbocycles. The zero-order chi connectivity index (χ0) is 18.1. The molecular weight excluding hydrogens is 318 g/mol. The van der Waals surface area contributed by atoms with Gasteiger partial charge in [0.1, 0.15) is 5.75 Å². The van der Waals surface area contributed by atoms with Gasteiger partial charge >= 0.3 is 0 Å². The quantitative estimate of drug-likeness (QED) is 0.642. The van der Waals surface area contributed by atoms with Crippen molar-refractivity contribution in [3.8, 4) is 5.75 Å². The number of carbonyl (C=O) groups excluding carboxylic acids is 2. The fourth-order valence-corrected chi connectivity index (χ4v) is 3.01. The van der Waals surface area contributed by atoms with E-state index in [1.807, 2.05) is 7.05 Å². The Hall–Kier alpha value is -1.88. The summed E-state index contributed by atoms with van der Waals surface area (Å²) in [5, 5.41) is 0. The van der Waals surface area contributed by atoms with Crippen LogP contribution in [0, 0.1) is 0 Å². The van der Waals surface area contributed by atoms with E-state index in [1.54, 1.807) is 36.3 Å². The average molecular weight is 347 g/mol. The number of nitrogens with zero attached hydrogens (tertiary/aromatic N) is 1. The monoisotopic (exact) mass is 347 g/mol. The number of benzene rings is 1. The number of ether oxygens (including phenoxy) is 2. The Kier molecular flexibility index (Phi) is 7.92. The van der Waals surface area contributed by atoms with Crippen molar-refractivity contribution < 1.29 is 19.1 Å². The molecule has 25 heavy (non-hydrogen) atoms. The molecule has 1 atom stereocenters. The summed E-state index contributed by atoms with van der Waals surface area (Å²) in [5.74, 6) is 0.891. The molecule has 1 aliphatic heterocycles. The maximum Gasteiger partial charge on any atom is 0.222 e. The maximum absolute atomic E-state index is 12.2. The van der Waals surface area contributed by atoms with Crippen LogP contribution < -0.4 is 4.74 Å². The minimum Gasteiger partial charge on any atom is -0.497 e. The molecule has 1 saturated heterocycles. The van der Waals surface area contributed by atoms with Crippen molar-refractivity contribution in [2.24, 2.45) is 0 Å². The fourth-order valence-electron chi connectivity index (χ4n) is 3.01. The molecule has 1 aliphatic rings. The Morgan fingerprint density at radius 3 is 2.60 bits per heavy atom. The van der Waals surface area contributed by atoms with Crippen LogP contribution in [0.2, 0.25) is 0 Å². The molecule has 5 nitrogen and oxygen atoms in total. The van der Waals surface area contributed by atoms with Gasteiger partial charge in [-0.3, -0.25) is 9.59 Å². The first-order valence-electron chi connectivity index (χ1n) is 9.13. The molecule has 1 heterocycles. The number of methoxy groups -OCH3 is 1. The first-order chi connectivity index (χ1) is 12.1. The predicted octanol–water partition coefficient (Wildman–Crippen LogP) is 3.47. The largest absolute Gasteiger partial charge is 0.497 e. The van der Waals surface area contributed by atoms with E-state index in [2.05, 4.69) is 0 Å². The third-order valence-electron chi connectivity index (χ3n) is 4.69. The normalized spacial score (nSPS) is 17.1. The van der Waals surface area contributed by atoms with Crippen molar-refractivity contribution in [3.05, 3.63) is 29.8 Å². The Balaban J connectivity index is 1.65. The highest BCUT2D eigenvalue weighted by Gasteiger charge is 2.16. The molecular formula is C20H29NO4. The Bertz CT molecular complexity index is 549. The van der Waals surface area contributed by atoms with Crippen LogP contribution in [0.15, 0.2) is 24.3 Å². The summed E-state index contributed by atoms with van der Waals surface area (Å²) in [5.41, 5.74) is 0.663. The van der Waals surface area contributed by atoms with Crippen LogP contribution in [0.25, 0.3) is 0 Å². The fraction of sp³-hybridized carbons (Fsp3) is 0.600. The molecule has 0 radical (unpaired) electrons. The molecule has 0 aliphatic carbocycles. The Morgan fingerprint density at radius 1 is 1.20 bits per heavy atom. The Morgan fingerprint density at radius 2 is 1.96 bits per heavy atom. The van der Waals surface area contributed by atoms with Gasteiger partial charge in [-0.2, -0.15) is 0 Å². The molecule has 138 valence electrons. The zero-order valence-electron chi connectivity index (χ0n) is 15.3. The molecule has 1 aromatic carbocycles. The molecule has 1 aromatic rings. The average Bonchev–Trinajstić information content (AvgIpc) is 2.66. The second-order valence-electron chi connectivity index (χ2n) is 6.60. The first-order valence-corrected chi connectivity index (χ1v) is 9.13. The van der Waals surface area contributed by atoms with Crippen LogP contribution in [-0.4, -0.2) is 50.0 Å². The van der Waals surface area contributed by atoms with Gasteiger partial charge in [-0.15, -0.1) is 0 Å². The summed E-state index contributed by atoms with van der Waals surface area (Å²) in [6.07, 6.45) is 6.02. The number of rotatable bonds is 9. The van der Waals surface area contributed by atoms with E-state index in [0.29, 0.717) is 30.9 Å². The zero-order valence-corrected chi connectivity index (χ0v) is 15.3. The van der Waals surface area contributed by atoms with E-state index in [4.69, 9.17) is 9.47 Å². The molecule has 1 unspecified atom stereocenters. The molecule has 0 N–H and O–H groups in total. The summed E-state index contributed by atoms with van der Waals surface area (Å²) in [4.78, 5) is 26.1. The van der Waals surface area contributed by atoms with Crippen LogP contribution in [0.3, 0.4) is 0 Å². The minimum atomic E-state index is 0.0636. The minimum absolute atomic E-state index is 0.0636. The SMILES string of the molecule is COc1ccc(C(=O)CCCC(=O)N(C)CCC2CCCCO2)cc1. The molecule has 2 rings (SSSR count). The number of hydrogen-bond donors (Lipinski definition) is 0. The van der Waals surface area contributed by atoms with Crippen molar-refractivity contribution >= 4 is 11.7 Å². The van der Waals surface area contributed by atoms with Crippen molar-refractivity contribution in [1.29, 1.82) is 0 Å². The molecule has 1 fully saturated rings. The number of Topliss-reactive ketones (excluding diaryl/α,β-unsaturated/α-hetero) is 1. The van der Waals surface area contributed by atoms with Crippen LogP contribution in [0.5, 0.6) is 5.75 Å². The van der Waals surface area contributed by atoms with Crippen molar-refractivity contribution in [3.63, 3.8) is 0 Å². The topological polar surface area (TPSA) is 55.8 Å². The highest BCUT2D eigenvalue weighted by atomic mass is 16.5. The third kappa shape index (κ3) is 6.50. The van der Waals surface area contributed by atoms with E-state index < -0.39 is 0 Å². The van der Waals surface area contributed by atoms with E-state index in [1.165, 1.54) is 6.42 Å². The second kappa shape index (κ2) is 10.2. The third-order valence-corrected chi connectivity index (χ3v) is 4.69. The van der Waals surface area contributed by atoms with E-state index in [0.717, 1.165) is 38.2 Å². The number of amides is 1. The van der Waals surface area contributed by atoms with Gasteiger partial charge in [-0.1, -0.05) is 0 Å². The van der Waals surface area contributed by atoms with E-state index in [9.17, 15) is 9.59 Å². The predicted molar refractivity (Wildman–Crippen MR) is 97.0 cm³/mol. The summed E-state index contributed by atoms with van der Waals surface area (Å²) in [6, 6.07) is 7.08. The highest BCUT2D eigenvalue weighted by molar-refractivity contribution is 5.96. The first kappa shape index (κ1) is 19.4. The molecule has 0 spiro atoms. The lowest BCUT2D eigenvalue weighted by Crippen LogP contribution is -2.31. The molecule has 5 heteroatoms. The van der Waals surface area contributed by atoms with Crippen molar-refractivity contribution in [2.75, 3.05) is 27.3 Å². The van der Waals surface area contributed by atoms with Crippen molar-refractivity contribution in [2.45, 2.75) is 51.0 Å². The number of ketones is 1. The van der Waals surface area contributed by atoms with Gasteiger partial charge in [0.2, 0.25) is 5.91 Å². The van der Waals surface area contributed by atoms with Gasteiger partial charge in [0.25, 0.3) is 0 Å². The van der Waals surface area contributed by atoms with E-state index >= 15 is 0 Å². The van der Waals surface area contributed by atoms with Crippen LogP contribution in [-0.2, 0) is 9.53 Å². The molecule has 1 amide bonds. The van der Waals surface area contributed by atoms with Crippen LogP contribution in [0.4, 0.5) is 0 Å². The van der Waals surface area contributed by atoms with Gasteiger partial charge in [0.15, 0.2) is 5.78 Å². The summed E-state index contributed by atoms with van der Waals surface area (Å²) in [7, 11) is 3.43. The van der Waals surface area contributed by atoms with Crippen molar-refractivity contribution in [1.82, 2.24) is 4.90 Å². The molecule has 0 bridgehead atoms. The van der Waals surface area contributed by atoms with Gasteiger partial charge in [0, 0.05) is 38.6 Å². The van der Waals surface area contributed by atoms with Crippen LogP contribution >= 0.6 is 0 Å².